The first kappa shape index (κ1) is 9.47. The third kappa shape index (κ3) is 1.38. The smallest absolute Gasteiger partial charge is 0.0377 e. The summed E-state index contributed by atoms with van der Waals surface area (Å²) in [5.74, 6) is 0. The van der Waals surface area contributed by atoms with Gasteiger partial charge in [0.05, 0.1) is 0 Å². The summed E-state index contributed by atoms with van der Waals surface area (Å²) in [6.45, 7) is 4.45. The van der Waals surface area contributed by atoms with Gasteiger partial charge in [-0.1, -0.05) is 30.3 Å². The Morgan fingerprint density at radius 3 is 2.64 bits per heavy atom. The minimum absolute atomic E-state index is 0.0760. The molecule has 14 heavy (non-hydrogen) atoms. The maximum atomic E-state index is 3.36. The van der Waals surface area contributed by atoms with Crippen LogP contribution < -0.4 is 5.32 Å². The fourth-order valence-corrected chi connectivity index (χ4v) is 2.01. The second-order valence-corrected chi connectivity index (χ2v) is 4.35. The van der Waals surface area contributed by atoms with Gasteiger partial charge in [-0.15, -0.1) is 0 Å². The van der Waals surface area contributed by atoms with E-state index in [1.165, 1.54) is 16.7 Å². The molecule has 1 heteroatoms. The third-order valence-electron chi connectivity index (χ3n) is 3.13. The molecule has 0 heterocycles. The van der Waals surface area contributed by atoms with E-state index in [2.05, 4.69) is 49.5 Å². The van der Waals surface area contributed by atoms with E-state index in [0.29, 0.717) is 0 Å². The monoisotopic (exact) mass is 187 g/mol. The lowest BCUT2D eigenvalue weighted by atomic mass is 9.90. The molecule has 0 spiro atoms. The Bertz CT molecular complexity index is 375. The predicted molar refractivity (Wildman–Crippen MR) is 61.3 cm³/mol. The zero-order valence-corrected chi connectivity index (χ0v) is 9.09. The van der Waals surface area contributed by atoms with E-state index in [9.17, 15) is 0 Å². The number of likely N-dealkylation sites (N-methyl/N-ethyl adjacent to an activating group) is 1. The summed E-state index contributed by atoms with van der Waals surface area (Å²) in [6.07, 6.45) is 3.41. The van der Waals surface area contributed by atoms with Crippen LogP contribution in [-0.2, 0) is 6.42 Å². The molecule has 0 aliphatic heterocycles. The summed E-state index contributed by atoms with van der Waals surface area (Å²) in [5.41, 5.74) is 4.36. The topological polar surface area (TPSA) is 12.0 Å². The lowest BCUT2D eigenvalue weighted by Crippen LogP contribution is -2.36. The molecule has 0 aromatic heterocycles. The summed E-state index contributed by atoms with van der Waals surface area (Å²) in [4.78, 5) is 0. The molecule has 1 aromatic carbocycles. The van der Waals surface area contributed by atoms with E-state index in [1.54, 1.807) is 0 Å². The first-order valence-electron chi connectivity index (χ1n) is 5.13. The summed E-state index contributed by atoms with van der Waals surface area (Å²) in [5, 5.41) is 3.36. The van der Waals surface area contributed by atoms with E-state index >= 15 is 0 Å². The van der Waals surface area contributed by atoms with Crippen LogP contribution in [0.3, 0.4) is 0 Å². The Balaban J connectivity index is 2.43. The summed E-state index contributed by atoms with van der Waals surface area (Å²) >= 11 is 0. The largest absolute Gasteiger partial charge is 0.311 e. The van der Waals surface area contributed by atoms with Gasteiger partial charge in [0, 0.05) is 5.54 Å². The van der Waals surface area contributed by atoms with E-state index in [1.807, 2.05) is 7.05 Å². The highest BCUT2D eigenvalue weighted by Gasteiger charge is 2.26. The molecule has 1 aliphatic carbocycles. The molecule has 0 fully saturated rings. The van der Waals surface area contributed by atoms with Crippen molar-refractivity contribution in [2.45, 2.75) is 25.8 Å². The van der Waals surface area contributed by atoms with Crippen LogP contribution in [0, 0.1) is 0 Å². The van der Waals surface area contributed by atoms with Crippen LogP contribution in [0.5, 0.6) is 0 Å². The first-order valence-corrected chi connectivity index (χ1v) is 5.13. The molecule has 0 radical (unpaired) electrons. The molecule has 0 saturated heterocycles. The van der Waals surface area contributed by atoms with Gasteiger partial charge in [-0.05, 0) is 44.0 Å². The van der Waals surface area contributed by atoms with E-state index in [4.69, 9.17) is 0 Å². The fourth-order valence-electron chi connectivity index (χ4n) is 2.01. The molecule has 0 unspecified atom stereocenters. The minimum Gasteiger partial charge on any atom is -0.311 e. The molecule has 1 nitrogen and oxygen atoms in total. The highest BCUT2D eigenvalue weighted by Crippen LogP contribution is 2.34. The SMILES string of the molecule is CNC(C)(C)C1=CCc2ccccc21. The molecule has 2 rings (SSSR count). The Morgan fingerprint density at radius 1 is 1.21 bits per heavy atom. The van der Waals surface area contributed by atoms with Crippen LogP contribution in [0.4, 0.5) is 0 Å². The van der Waals surface area contributed by atoms with Gasteiger partial charge in [-0.2, -0.15) is 0 Å². The van der Waals surface area contributed by atoms with Crippen molar-refractivity contribution >= 4 is 5.57 Å². The molecule has 1 N–H and O–H groups in total. The zero-order chi connectivity index (χ0) is 10.2. The van der Waals surface area contributed by atoms with Gasteiger partial charge in [-0.25, -0.2) is 0 Å². The number of rotatable bonds is 2. The van der Waals surface area contributed by atoms with Crippen molar-refractivity contribution < 1.29 is 0 Å². The van der Waals surface area contributed by atoms with E-state index in [-0.39, 0.29) is 5.54 Å². The fraction of sp³-hybridized carbons (Fsp3) is 0.385. The van der Waals surface area contributed by atoms with Gasteiger partial charge >= 0.3 is 0 Å². The lowest BCUT2D eigenvalue weighted by molar-refractivity contribution is 0.546. The number of hydrogen-bond donors (Lipinski definition) is 1. The highest BCUT2D eigenvalue weighted by atomic mass is 14.9. The first-order chi connectivity index (χ1) is 6.65. The molecule has 0 atom stereocenters. The van der Waals surface area contributed by atoms with E-state index in [0.717, 1.165) is 6.42 Å². The molecule has 74 valence electrons. The molecule has 1 aliphatic rings. The number of benzene rings is 1. The standard InChI is InChI=1S/C13H17N/c1-13(2,14-3)12-9-8-10-6-4-5-7-11(10)12/h4-7,9,14H,8H2,1-3H3. The van der Waals surface area contributed by atoms with E-state index < -0.39 is 0 Å². The number of allylic oxidation sites excluding steroid dienone is 1. The van der Waals surface area contributed by atoms with Gasteiger partial charge in [0.15, 0.2) is 0 Å². The third-order valence-corrected chi connectivity index (χ3v) is 3.13. The average Bonchev–Trinajstić information content (AvgIpc) is 2.61. The van der Waals surface area contributed by atoms with Crippen LogP contribution in [0.1, 0.15) is 25.0 Å². The zero-order valence-electron chi connectivity index (χ0n) is 9.09. The van der Waals surface area contributed by atoms with Gasteiger partial charge in [0.1, 0.15) is 0 Å². The van der Waals surface area contributed by atoms with Crippen LogP contribution >= 0.6 is 0 Å². The quantitative estimate of drug-likeness (QED) is 0.750. The van der Waals surface area contributed by atoms with Gasteiger partial charge < -0.3 is 5.32 Å². The van der Waals surface area contributed by atoms with Crippen molar-refractivity contribution in [3.05, 3.63) is 41.5 Å². The molecular formula is C13H17N. The second kappa shape index (κ2) is 3.25. The van der Waals surface area contributed by atoms with Crippen molar-refractivity contribution in [1.82, 2.24) is 5.32 Å². The van der Waals surface area contributed by atoms with Gasteiger partial charge in [0.2, 0.25) is 0 Å². The molecule has 0 saturated carbocycles. The summed E-state index contributed by atoms with van der Waals surface area (Å²) in [7, 11) is 2.02. The maximum Gasteiger partial charge on any atom is 0.0377 e. The Morgan fingerprint density at radius 2 is 1.93 bits per heavy atom. The van der Waals surface area contributed by atoms with Crippen LogP contribution in [0.15, 0.2) is 30.3 Å². The van der Waals surface area contributed by atoms with Crippen LogP contribution in [-0.4, -0.2) is 12.6 Å². The number of fused-ring (bicyclic) bond motifs is 1. The normalized spacial score (nSPS) is 15.2. The molecular weight excluding hydrogens is 170 g/mol. The average molecular weight is 187 g/mol. The highest BCUT2D eigenvalue weighted by molar-refractivity contribution is 5.78. The second-order valence-electron chi connectivity index (χ2n) is 4.35. The van der Waals surface area contributed by atoms with Crippen molar-refractivity contribution in [3.8, 4) is 0 Å². The minimum atomic E-state index is 0.0760. The number of hydrogen-bond acceptors (Lipinski definition) is 1. The van der Waals surface area contributed by atoms with Gasteiger partial charge in [-0.3, -0.25) is 0 Å². The lowest BCUT2D eigenvalue weighted by Gasteiger charge is -2.26. The summed E-state index contributed by atoms with van der Waals surface area (Å²) < 4.78 is 0. The van der Waals surface area contributed by atoms with Crippen molar-refractivity contribution in [2.24, 2.45) is 0 Å². The Labute approximate surface area is 85.8 Å². The number of nitrogens with one attached hydrogen (secondary N) is 1. The molecule has 0 amide bonds. The van der Waals surface area contributed by atoms with Crippen LogP contribution in [0.25, 0.3) is 5.57 Å². The Hall–Kier alpha value is -1.08. The van der Waals surface area contributed by atoms with Crippen molar-refractivity contribution in [3.63, 3.8) is 0 Å². The van der Waals surface area contributed by atoms with Gasteiger partial charge in [0.25, 0.3) is 0 Å². The van der Waals surface area contributed by atoms with Crippen LogP contribution in [0.2, 0.25) is 0 Å². The maximum absolute atomic E-state index is 3.36. The van der Waals surface area contributed by atoms with Crippen molar-refractivity contribution in [1.29, 1.82) is 0 Å². The molecule has 0 bridgehead atoms. The summed E-state index contributed by atoms with van der Waals surface area (Å²) in [6, 6.07) is 8.66. The predicted octanol–water partition coefficient (Wildman–Crippen LogP) is 2.62. The van der Waals surface area contributed by atoms with Crippen molar-refractivity contribution in [2.75, 3.05) is 7.05 Å². The molecule has 1 aromatic rings. The Kier molecular flexibility index (Phi) is 2.20.